The van der Waals surface area contributed by atoms with E-state index in [0.29, 0.717) is 10.6 Å². The fourth-order valence-electron chi connectivity index (χ4n) is 3.11. The first-order valence-corrected chi connectivity index (χ1v) is 8.82. The van der Waals surface area contributed by atoms with Crippen LogP contribution in [0.5, 0.6) is 0 Å². The molecular weight excluding hydrogens is 391 g/mol. The van der Waals surface area contributed by atoms with Crippen LogP contribution >= 0.6 is 23.2 Å². The lowest BCUT2D eigenvalue weighted by molar-refractivity contribution is -0.126. The Morgan fingerprint density at radius 1 is 1.07 bits per heavy atom. The van der Waals surface area contributed by atoms with E-state index in [1.807, 2.05) is 6.92 Å². The van der Waals surface area contributed by atoms with Gasteiger partial charge in [-0.1, -0.05) is 58.2 Å². The predicted octanol–water partition coefficient (Wildman–Crippen LogP) is 3.43. The van der Waals surface area contributed by atoms with Crippen LogP contribution in [-0.4, -0.2) is 29.4 Å². The van der Waals surface area contributed by atoms with Gasteiger partial charge in [-0.3, -0.25) is 14.4 Å². The van der Waals surface area contributed by atoms with Crippen molar-refractivity contribution >= 4 is 52.2 Å². The molecule has 0 aromatic heterocycles. The lowest BCUT2D eigenvalue weighted by Crippen LogP contribution is -2.34. The number of benzene rings is 2. The number of carbonyl (C=O) groups excluding carboxylic acids is 3. The molecule has 2 amide bonds. The number of rotatable bonds is 3. The van der Waals surface area contributed by atoms with Crippen molar-refractivity contribution in [1.82, 2.24) is 0 Å². The summed E-state index contributed by atoms with van der Waals surface area (Å²) in [4.78, 5) is 44.5. The smallest absolute Gasteiger partial charge is 0.279 e. The van der Waals surface area contributed by atoms with Gasteiger partial charge in [-0.2, -0.15) is 0 Å². The Morgan fingerprint density at radius 3 is 2.48 bits per heavy atom. The molecule has 136 valence electrons. The highest BCUT2D eigenvalue weighted by Crippen LogP contribution is 2.38. The van der Waals surface area contributed by atoms with Crippen LogP contribution in [0.4, 0.5) is 5.69 Å². The van der Waals surface area contributed by atoms with Crippen molar-refractivity contribution in [3.8, 4) is 0 Å². The fraction of sp³-hybridized carbons (Fsp3) is 0.158. The molecule has 0 unspecified atom stereocenters. The van der Waals surface area contributed by atoms with Gasteiger partial charge in [0.15, 0.2) is 0 Å². The van der Waals surface area contributed by atoms with Gasteiger partial charge in [-0.25, -0.2) is 4.90 Å². The number of carbonyl (C=O) groups is 3. The molecule has 2 heterocycles. The molecule has 2 aromatic carbocycles. The topological polar surface area (TPSA) is 76.0 Å². The second-order valence-corrected chi connectivity index (χ2v) is 7.13. The number of Topliss-reactive ketones (excluding diaryl/α,β-unsaturated/α-hetero) is 1. The maximum absolute atomic E-state index is 13.0. The zero-order chi connectivity index (χ0) is 19.3. The van der Waals surface area contributed by atoms with Crippen molar-refractivity contribution in [3.63, 3.8) is 0 Å². The second-order valence-electron chi connectivity index (χ2n) is 6.28. The molecule has 2 atom stereocenters. The van der Waals surface area contributed by atoms with Gasteiger partial charge in [-0.15, -0.1) is 0 Å². The predicted molar refractivity (Wildman–Crippen MR) is 100 cm³/mol. The summed E-state index contributed by atoms with van der Waals surface area (Å²) >= 11 is 12.1. The number of imide groups is 1. The molecule has 2 aliphatic rings. The quantitative estimate of drug-likeness (QED) is 0.581. The van der Waals surface area contributed by atoms with Crippen LogP contribution in [0.2, 0.25) is 10.0 Å². The second kappa shape index (κ2) is 6.48. The monoisotopic (exact) mass is 402 g/mol. The number of aryl methyl sites for hydroxylation is 1. The number of anilines is 1. The minimum absolute atomic E-state index is 0.0946. The number of hydrogen-bond donors (Lipinski definition) is 0. The molecule has 0 aliphatic carbocycles. The van der Waals surface area contributed by atoms with Crippen LogP contribution < -0.4 is 4.90 Å². The maximum atomic E-state index is 13.0. The summed E-state index contributed by atoms with van der Waals surface area (Å²) in [5.74, 6) is -2.82. The van der Waals surface area contributed by atoms with Crippen molar-refractivity contribution in [2.75, 3.05) is 4.90 Å². The summed E-state index contributed by atoms with van der Waals surface area (Å²) in [5, 5.41) is 4.23. The molecule has 0 N–H and O–H groups in total. The molecule has 1 fully saturated rings. The Balaban J connectivity index is 1.69. The van der Waals surface area contributed by atoms with Gasteiger partial charge < -0.3 is 4.84 Å². The molecule has 4 rings (SSSR count). The van der Waals surface area contributed by atoms with Gasteiger partial charge in [0, 0.05) is 10.6 Å². The zero-order valence-electron chi connectivity index (χ0n) is 14.0. The molecule has 1 saturated heterocycles. The van der Waals surface area contributed by atoms with E-state index >= 15 is 0 Å². The highest BCUT2D eigenvalue weighted by Gasteiger charge is 2.57. The Morgan fingerprint density at radius 2 is 1.78 bits per heavy atom. The molecule has 0 bridgehead atoms. The normalized spacial score (nSPS) is 21.1. The minimum atomic E-state index is -1.18. The standard InChI is InChI=1S/C19H12Cl2N2O4/c1-9-2-4-10(5-3-9)16(24)15-14-17(27-22-15)19(26)23(18(14)25)13-8-11(20)6-7-12(13)21/h2-8,14,17H,1H3/t14-,17-/m1/s1. The fourth-order valence-corrected chi connectivity index (χ4v) is 3.48. The van der Waals surface area contributed by atoms with Gasteiger partial charge in [-0.05, 0) is 25.1 Å². The minimum Gasteiger partial charge on any atom is -0.381 e. The van der Waals surface area contributed by atoms with Crippen LogP contribution in [0.3, 0.4) is 0 Å². The number of ketones is 1. The third-order valence-corrected chi connectivity index (χ3v) is 5.06. The van der Waals surface area contributed by atoms with E-state index in [-0.39, 0.29) is 16.4 Å². The van der Waals surface area contributed by atoms with Gasteiger partial charge in [0.2, 0.25) is 17.8 Å². The van der Waals surface area contributed by atoms with E-state index in [1.165, 1.54) is 12.1 Å². The summed E-state index contributed by atoms with van der Waals surface area (Å²) in [5.41, 5.74) is 1.41. The first-order chi connectivity index (χ1) is 12.9. The molecule has 8 heteroatoms. The van der Waals surface area contributed by atoms with Crippen molar-refractivity contribution in [2.24, 2.45) is 11.1 Å². The Hall–Kier alpha value is -2.70. The lowest BCUT2D eigenvalue weighted by Gasteiger charge is -2.17. The number of fused-ring (bicyclic) bond motifs is 1. The number of hydrogen-bond acceptors (Lipinski definition) is 5. The van der Waals surface area contributed by atoms with Crippen LogP contribution in [0.15, 0.2) is 47.6 Å². The maximum Gasteiger partial charge on any atom is 0.279 e. The lowest BCUT2D eigenvalue weighted by atomic mass is 9.93. The van der Waals surface area contributed by atoms with E-state index in [0.717, 1.165) is 10.5 Å². The van der Waals surface area contributed by atoms with Gasteiger partial charge in [0.25, 0.3) is 5.91 Å². The summed E-state index contributed by atoms with van der Waals surface area (Å²) < 4.78 is 0. The van der Waals surface area contributed by atoms with Gasteiger partial charge in [0.1, 0.15) is 11.6 Å². The van der Waals surface area contributed by atoms with Crippen molar-refractivity contribution in [2.45, 2.75) is 13.0 Å². The van der Waals surface area contributed by atoms with E-state index < -0.39 is 29.6 Å². The third kappa shape index (κ3) is 2.81. The van der Waals surface area contributed by atoms with Crippen LogP contribution in [0.25, 0.3) is 0 Å². The first kappa shape index (κ1) is 17.7. The number of amides is 2. The van der Waals surface area contributed by atoms with Crippen LogP contribution in [0.1, 0.15) is 15.9 Å². The zero-order valence-corrected chi connectivity index (χ0v) is 15.5. The summed E-state index contributed by atoms with van der Waals surface area (Å²) in [6, 6.07) is 11.3. The summed E-state index contributed by atoms with van der Waals surface area (Å²) in [6.07, 6.45) is -1.18. The first-order valence-electron chi connectivity index (χ1n) is 8.06. The highest BCUT2D eigenvalue weighted by molar-refractivity contribution is 6.53. The molecular formula is C19H12Cl2N2O4. The average Bonchev–Trinajstić information content (AvgIpc) is 3.18. The molecule has 0 radical (unpaired) electrons. The van der Waals surface area contributed by atoms with E-state index in [1.54, 1.807) is 30.3 Å². The van der Waals surface area contributed by atoms with Gasteiger partial charge >= 0.3 is 0 Å². The summed E-state index contributed by atoms with van der Waals surface area (Å²) in [7, 11) is 0. The average molecular weight is 403 g/mol. The van der Waals surface area contributed by atoms with E-state index in [4.69, 9.17) is 28.0 Å². The van der Waals surface area contributed by atoms with E-state index in [9.17, 15) is 14.4 Å². The largest absolute Gasteiger partial charge is 0.381 e. The molecule has 2 aliphatic heterocycles. The SMILES string of the molecule is Cc1ccc(C(=O)C2=NO[C@H]3C(=O)N(c4cc(Cl)ccc4Cl)C(=O)[C@H]23)cc1. The number of nitrogens with zero attached hydrogens (tertiary/aromatic N) is 2. The van der Waals surface area contributed by atoms with Crippen molar-refractivity contribution < 1.29 is 19.2 Å². The van der Waals surface area contributed by atoms with Crippen LogP contribution in [-0.2, 0) is 14.4 Å². The van der Waals surface area contributed by atoms with Crippen molar-refractivity contribution in [1.29, 1.82) is 0 Å². The number of oxime groups is 1. The van der Waals surface area contributed by atoms with Gasteiger partial charge in [0.05, 0.1) is 10.7 Å². The highest BCUT2D eigenvalue weighted by atomic mass is 35.5. The van der Waals surface area contributed by atoms with E-state index in [2.05, 4.69) is 5.16 Å². The Labute approximate surface area is 164 Å². The molecule has 0 saturated carbocycles. The molecule has 27 heavy (non-hydrogen) atoms. The molecule has 0 spiro atoms. The summed E-state index contributed by atoms with van der Waals surface area (Å²) in [6.45, 7) is 1.90. The Bertz CT molecular complexity index is 1020. The van der Waals surface area contributed by atoms with Crippen molar-refractivity contribution in [3.05, 3.63) is 63.6 Å². The third-order valence-electron chi connectivity index (χ3n) is 4.51. The number of halogens is 2. The molecule has 2 aromatic rings. The molecule has 6 nitrogen and oxygen atoms in total. The Kier molecular flexibility index (Phi) is 4.25. The van der Waals surface area contributed by atoms with Crippen LogP contribution in [0, 0.1) is 12.8 Å².